The van der Waals surface area contributed by atoms with E-state index in [0.717, 1.165) is 28.1 Å². The predicted octanol–water partition coefficient (Wildman–Crippen LogP) is 5.57. The average Bonchev–Trinajstić information content (AvgIpc) is 3.23. The largest absolute Gasteiger partial charge is 0.493 e. The number of benzene rings is 3. The normalized spacial score (nSPS) is 10.8. The van der Waals surface area contributed by atoms with Crippen LogP contribution in [0.2, 0.25) is 0 Å². The van der Waals surface area contributed by atoms with Gasteiger partial charge in [-0.15, -0.1) is 0 Å². The van der Waals surface area contributed by atoms with Gasteiger partial charge >= 0.3 is 0 Å². The molecular formula is C28H24N4O3. The molecule has 0 unspecified atom stereocenters. The highest BCUT2D eigenvalue weighted by Gasteiger charge is 2.14. The molecule has 2 aromatic heterocycles. The summed E-state index contributed by atoms with van der Waals surface area (Å²) in [5.74, 6) is 1.74. The van der Waals surface area contributed by atoms with E-state index in [4.69, 9.17) is 9.47 Å². The minimum Gasteiger partial charge on any atom is -0.493 e. The van der Waals surface area contributed by atoms with Crippen LogP contribution in [0.1, 0.15) is 21.7 Å². The van der Waals surface area contributed by atoms with Crippen molar-refractivity contribution in [3.05, 3.63) is 108 Å². The van der Waals surface area contributed by atoms with Gasteiger partial charge in [0.05, 0.1) is 18.1 Å². The summed E-state index contributed by atoms with van der Waals surface area (Å²) in [5, 5.41) is 2.95. The standard InChI is InChI=1S/C28H24N4O3/c1-19-30-24-16-21(8-10-25(24)32(19)23-6-4-3-5-7-23)28(33)31-22-9-11-26(34-2)27(17-22)35-18-20-12-14-29-15-13-20/h3-17H,18H2,1-2H3,(H,31,33). The molecule has 0 bridgehead atoms. The molecule has 5 aromatic rings. The average molecular weight is 465 g/mol. The maximum atomic E-state index is 13.0. The molecular weight excluding hydrogens is 440 g/mol. The number of nitrogens with zero attached hydrogens (tertiary/aromatic N) is 3. The molecule has 0 radical (unpaired) electrons. The van der Waals surface area contributed by atoms with E-state index in [1.54, 1.807) is 37.7 Å². The van der Waals surface area contributed by atoms with Crippen LogP contribution in [0.15, 0.2) is 91.3 Å². The van der Waals surface area contributed by atoms with E-state index in [2.05, 4.69) is 19.9 Å². The van der Waals surface area contributed by atoms with Gasteiger partial charge in [-0.05, 0) is 67.1 Å². The molecule has 0 saturated carbocycles. The number of nitrogens with one attached hydrogen (secondary N) is 1. The molecule has 7 nitrogen and oxygen atoms in total. The SMILES string of the molecule is COc1ccc(NC(=O)c2ccc3c(c2)nc(C)n3-c2ccccc2)cc1OCc1ccncc1. The fourth-order valence-corrected chi connectivity index (χ4v) is 3.96. The fraction of sp³-hybridized carbons (Fsp3) is 0.107. The van der Waals surface area contributed by atoms with Crippen molar-refractivity contribution in [2.75, 3.05) is 12.4 Å². The molecule has 0 aliphatic carbocycles. The van der Waals surface area contributed by atoms with Crippen LogP contribution in [0.5, 0.6) is 11.5 Å². The number of carbonyl (C=O) groups excluding carboxylic acids is 1. The van der Waals surface area contributed by atoms with Crippen molar-refractivity contribution in [1.82, 2.24) is 14.5 Å². The highest BCUT2D eigenvalue weighted by molar-refractivity contribution is 6.06. The lowest BCUT2D eigenvalue weighted by molar-refractivity contribution is 0.102. The number of imidazole rings is 1. The Bertz CT molecular complexity index is 1480. The van der Waals surface area contributed by atoms with E-state index in [-0.39, 0.29) is 5.91 Å². The third-order valence-corrected chi connectivity index (χ3v) is 5.66. The van der Waals surface area contributed by atoms with E-state index >= 15 is 0 Å². The Kier molecular flexibility index (Phi) is 6.13. The Morgan fingerprint density at radius 3 is 2.51 bits per heavy atom. The second kappa shape index (κ2) is 9.69. The van der Waals surface area contributed by atoms with E-state index in [1.165, 1.54) is 0 Å². The van der Waals surface area contributed by atoms with Gasteiger partial charge in [-0.1, -0.05) is 18.2 Å². The summed E-state index contributed by atoms with van der Waals surface area (Å²) in [7, 11) is 1.58. The third kappa shape index (κ3) is 4.70. The van der Waals surface area contributed by atoms with Crippen LogP contribution >= 0.6 is 0 Å². The molecule has 0 saturated heterocycles. The number of fused-ring (bicyclic) bond motifs is 1. The monoisotopic (exact) mass is 464 g/mol. The minimum absolute atomic E-state index is 0.232. The zero-order valence-electron chi connectivity index (χ0n) is 19.4. The number of para-hydroxylation sites is 1. The van der Waals surface area contributed by atoms with Crippen LogP contribution in [0.25, 0.3) is 16.7 Å². The number of ether oxygens (including phenoxy) is 2. The molecule has 7 heteroatoms. The van der Waals surface area contributed by atoms with Crippen LogP contribution in [0.4, 0.5) is 5.69 Å². The lowest BCUT2D eigenvalue weighted by atomic mass is 10.1. The van der Waals surface area contributed by atoms with Gasteiger partial charge < -0.3 is 14.8 Å². The van der Waals surface area contributed by atoms with Crippen LogP contribution in [-0.2, 0) is 6.61 Å². The Balaban J connectivity index is 1.37. The number of hydrogen-bond donors (Lipinski definition) is 1. The summed E-state index contributed by atoms with van der Waals surface area (Å²) < 4.78 is 13.4. The molecule has 35 heavy (non-hydrogen) atoms. The first-order valence-corrected chi connectivity index (χ1v) is 11.2. The molecule has 1 amide bonds. The summed E-state index contributed by atoms with van der Waals surface area (Å²) in [5.41, 5.74) is 4.84. The zero-order valence-corrected chi connectivity index (χ0v) is 19.4. The summed E-state index contributed by atoms with van der Waals surface area (Å²) in [4.78, 5) is 21.7. The number of carbonyl (C=O) groups is 1. The summed E-state index contributed by atoms with van der Waals surface area (Å²) in [6.45, 7) is 2.31. The zero-order chi connectivity index (χ0) is 24.2. The molecule has 2 heterocycles. The minimum atomic E-state index is -0.232. The van der Waals surface area contributed by atoms with Crippen molar-refractivity contribution in [2.24, 2.45) is 0 Å². The van der Waals surface area contributed by atoms with Crippen molar-refractivity contribution in [1.29, 1.82) is 0 Å². The second-order valence-electron chi connectivity index (χ2n) is 8.00. The number of amides is 1. The number of hydrogen-bond acceptors (Lipinski definition) is 5. The van der Waals surface area contributed by atoms with Crippen LogP contribution in [0.3, 0.4) is 0 Å². The van der Waals surface area contributed by atoms with Crippen LogP contribution in [0, 0.1) is 6.92 Å². The maximum absolute atomic E-state index is 13.0. The van der Waals surface area contributed by atoms with Crippen molar-refractivity contribution in [3.63, 3.8) is 0 Å². The first-order chi connectivity index (χ1) is 17.1. The summed E-state index contributed by atoms with van der Waals surface area (Å²) in [6, 6.07) is 24.6. The van der Waals surface area contributed by atoms with Gasteiger partial charge in [0.15, 0.2) is 11.5 Å². The number of aromatic nitrogens is 3. The van der Waals surface area contributed by atoms with E-state index < -0.39 is 0 Å². The number of rotatable bonds is 7. The molecule has 5 rings (SSSR count). The van der Waals surface area contributed by atoms with Crippen molar-refractivity contribution >= 4 is 22.6 Å². The van der Waals surface area contributed by atoms with Gasteiger partial charge in [0.25, 0.3) is 5.91 Å². The van der Waals surface area contributed by atoms with Gasteiger partial charge in [-0.3, -0.25) is 14.3 Å². The quantitative estimate of drug-likeness (QED) is 0.341. The third-order valence-electron chi connectivity index (χ3n) is 5.66. The smallest absolute Gasteiger partial charge is 0.255 e. The summed E-state index contributed by atoms with van der Waals surface area (Å²) in [6.07, 6.45) is 3.43. The number of aryl methyl sites for hydroxylation is 1. The molecule has 0 fully saturated rings. The molecule has 0 spiro atoms. The first-order valence-electron chi connectivity index (χ1n) is 11.2. The van der Waals surface area contributed by atoms with Crippen LogP contribution in [-0.4, -0.2) is 27.6 Å². The highest BCUT2D eigenvalue weighted by Crippen LogP contribution is 2.31. The molecule has 174 valence electrons. The molecule has 0 aliphatic heterocycles. The van der Waals surface area contributed by atoms with E-state index in [0.29, 0.717) is 29.4 Å². The van der Waals surface area contributed by atoms with Gasteiger partial charge in [0.2, 0.25) is 0 Å². The first kappa shape index (κ1) is 22.2. The van der Waals surface area contributed by atoms with Gasteiger partial charge in [0, 0.05) is 35.4 Å². The van der Waals surface area contributed by atoms with Crippen LogP contribution < -0.4 is 14.8 Å². The summed E-state index contributed by atoms with van der Waals surface area (Å²) >= 11 is 0. The number of anilines is 1. The van der Waals surface area contributed by atoms with Crippen molar-refractivity contribution in [2.45, 2.75) is 13.5 Å². The Morgan fingerprint density at radius 2 is 1.74 bits per heavy atom. The molecule has 3 aromatic carbocycles. The van der Waals surface area contributed by atoms with Crippen molar-refractivity contribution in [3.8, 4) is 17.2 Å². The van der Waals surface area contributed by atoms with E-state index in [9.17, 15) is 4.79 Å². The Labute approximate surface area is 203 Å². The lowest BCUT2D eigenvalue weighted by Crippen LogP contribution is -2.12. The van der Waals surface area contributed by atoms with E-state index in [1.807, 2.05) is 67.6 Å². The Hall–Kier alpha value is -4.65. The topological polar surface area (TPSA) is 78.3 Å². The number of methoxy groups -OCH3 is 1. The molecule has 0 aliphatic rings. The van der Waals surface area contributed by atoms with Gasteiger partial charge in [-0.25, -0.2) is 4.98 Å². The molecule has 1 N–H and O–H groups in total. The lowest BCUT2D eigenvalue weighted by Gasteiger charge is -2.13. The highest BCUT2D eigenvalue weighted by atomic mass is 16.5. The maximum Gasteiger partial charge on any atom is 0.255 e. The second-order valence-corrected chi connectivity index (χ2v) is 8.00. The van der Waals surface area contributed by atoms with Gasteiger partial charge in [0.1, 0.15) is 12.4 Å². The number of pyridine rings is 1. The van der Waals surface area contributed by atoms with Gasteiger partial charge in [-0.2, -0.15) is 0 Å². The van der Waals surface area contributed by atoms with Crippen molar-refractivity contribution < 1.29 is 14.3 Å². The Morgan fingerprint density at radius 1 is 0.943 bits per heavy atom. The predicted molar refractivity (Wildman–Crippen MR) is 135 cm³/mol. The molecule has 0 atom stereocenters. The fourth-order valence-electron chi connectivity index (χ4n) is 3.96.